The van der Waals surface area contributed by atoms with E-state index in [0.29, 0.717) is 108 Å². The Morgan fingerprint density at radius 1 is 0.658 bits per heavy atom. The van der Waals surface area contributed by atoms with Gasteiger partial charge in [0.2, 0.25) is 31.9 Å². The number of nitrogens with one attached hydrogen (secondary N) is 3. The molecule has 3 unspecified atom stereocenters. The van der Waals surface area contributed by atoms with E-state index in [4.69, 9.17) is 10.8 Å². The predicted octanol–water partition coefficient (Wildman–Crippen LogP) is 10.5. The number of carbonyl (C=O) groups excluding carboxylic acids is 2. The summed E-state index contributed by atoms with van der Waals surface area (Å²) in [5, 5.41) is 17.1. The molecule has 1 saturated carbocycles. The lowest BCUT2D eigenvalue weighted by atomic mass is 10.0. The number of piperidine rings is 2. The smallest absolute Gasteiger partial charge is 0.416 e. The average molecular weight is 1300 g/mol. The molecule has 456 valence electrons. The zero-order chi connectivity index (χ0) is 60.6. The van der Waals surface area contributed by atoms with Gasteiger partial charge in [-0.25, -0.2) is 16.8 Å². The molecule has 5 rings (SSSR count). The highest BCUT2D eigenvalue weighted by atomic mass is 79.9. The Kier molecular flexibility index (Phi) is 33.1. The maximum atomic E-state index is 13.4. The Bertz CT molecular complexity index is 2350. The fraction of sp³-hybridized carbons (Fsp3) is 0.722. The van der Waals surface area contributed by atoms with Crippen LogP contribution in [-0.4, -0.2) is 139 Å². The van der Waals surface area contributed by atoms with E-state index in [-0.39, 0.29) is 61.5 Å². The monoisotopic (exact) mass is 1300 g/mol. The second-order valence-corrected chi connectivity index (χ2v) is 27.1. The molecule has 0 bridgehead atoms. The molecule has 3 fully saturated rings. The summed E-state index contributed by atoms with van der Waals surface area (Å²) in [6, 6.07) is 6.70. The van der Waals surface area contributed by atoms with Gasteiger partial charge in [0, 0.05) is 50.3 Å². The molecule has 1 aliphatic carbocycles. The summed E-state index contributed by atoms with van der Waals surface area (Å²) in [6.45, 7) is 26.4. The van der Waals surface area contributed by atoms with Crippen LogP contribution in [0.1, 0.15) is 145 Å². The van der Waals surface area contributed by atoms with Gasteiger partial charge in [0.25, 0.3) is 0 Å². The average Bonchev–Trinajstić information content (AvgIpc) is 4.24. The summed E-state index contributed by atoms with van der Waals surface area (Å²) in [4.78, 5) is 34.7. The van der Waals surface area contributed by atoms with Crippen molar-refractivity contribution in [2.24, 2.45) is 23.5 Å². The van der Waals surface area contributed by atoms with Crippen molar-refractivity contribution in [1.29, 1.82) is 0 Å². The van der Waals surface area contributed by atoms with Crippen molar-refractivity contribution in [3.63, 3.8) is 0 Å². The third-order valence-corrected chi connectivity index (χ3v) is 18.9. The maximum Gasteiger partial charge on any atom is 0.416 e. The van der Waals surface area contributed by atoms with E-state index in [1.54, 1.807) is 13.8 Å². The number of benzene rings is 2. The van der Waals surface area contributed by atoms with E-state index in [1.807, 2.05) is 34.6 Å². The number of rotatable bonds is 20. The second kappa shape index (κ2) is 35.3. The lowest BCUT2D eigenvalue weighted by Crippen LogP contribution is -2.54. The van der Waals surface area contributed by atoms with E-state index in [2.05, 4.69) is 80.4 Å². The van der Waals surface area contributed by atoms with E-state index in [0.717, 1.165) is 49.8 Å². The van der Waals surface area contributed by atoms with Crippen LogP contribution in [0.5, 0.6) is 0 Å². The Morgan fingerprint density at radius 2 is 1.08 bits per heavy atom. The van der Waals surface area contributed by atoms with Crippen molar-refractivity contribution in [3.05, 3.63) is 59.7 Å². The molecule has 25 heteroatoms. The molecule has 2 aromatic carbocycles. The summed E-state index contributed by atoms with van der Waals surface area (Å²) in [5.74, 6) is 0.833. The first-order chi connectivity index (χ1) is 36.6. The third-order valence-electron chi connectivity index (χ3n) is 12.7. The van der Waals surface area contributed by atoms with Crippen LogP contribution in [0.3, 0.4) is 0 Å². The molecule has 2 aromatic rings. The number of hydrogen-bond acceptors (Lipinski definition) is 10. The van der Waals surface area contributed by atoms with E-state index >= 15 is 0 Å². The Morgan fingerprint density at radius 3 is 1.42 bits per heavy atom. The first kappa shape index (κ1) is 74.1. The Hall–Kier alpha value is -2.91. The number of sulfonamides is 2. The fourth-order valence-electron chi connectivity index (χ4n) is 8.14. The fourth-order valence-corrected chi connectivity index (χ4v) is 12.2. The van der Waals surface area contributed by atoms with Crippen LogP contribution in [-0.2, 0) is 46.8 Å². The number of carboxylic acid groups (broad SMARTS) is 1. The van der Waals surface area contributed by atoms with Gasteiger partial charge in [0.15, 0.2) is 0 Å². The zero-order valence-corrected chi connectivity index (χ0v) is 52.6. The van der Waals surface area contributed by atoms with Gasteiger partial charge in [-0.2, -0.15) is 35.0 Å². The van der Waals surface area contributed by atoms with Crippen LogP contribution in [0.15, 0.2) is 58.3 Å². The number of amides is 2. The highest BCUT2D eigenvalue weighted by molar-refractivity contribution is 9.10. The van der Waals surface area contributed by atoms with E-state index in [9.17, 15) is 57.6 Å². The van der Waals surface area contributed by atoms with Crippen LogP contribution < -0.4 is 21.7 Å². The highest BCUT2D eigenvalue weighted by Gasteiger charge is 2.45. The van der Waals surface area contributed by atoms with Gasteiger partial charge in [0.1, 0.15) is 4.83 Å². The van der Waals surface area contributed by atoms with E-state index < -0.39 is 49.5 Å². The molecule has 6 N–H and O–H groups in total. The predicted molar refractivity (Wildman–Crippen MR) is 307 cm³/mol. The number of nitrogens with zero attached hydrogens (tertiary/aromatic N) is 3. The molecule has 2 aliphatic heterocycles. The number of carboxylic acids is 1. The summed E-state index contributed by atoms with van der Waals surface area (Å²) in [5.41, 5.74) is 3.25. The minimum Gasteiger partial charge on any atom is -0.480 e. The molecule has 2 amide bonds. The number of likely N-dealkylation sites (tertiary alicyclic amines) is 1. The Balaban J connectivity index is 0.000000582. The third kappa shape index (κ3) is 26.1. The summed E-state index contributed by atoms with van der Waals surface area (Å²) < 4.78 is 133. The van der Waals surface area contributed by atoms with E-state index in [1.165, 1.54) is 20.7 Å². The normalized spacial score (nSPS) is 17.1. The molecular formula is C54H89Br2F6N7O8S2. The van der Waals surface area contributed by atoms with Gasteiger partial charge < -0.3 is 26.8 Å². The molecule has 2 heterocycles. The lowest BCUT2D eigenvalue weighted by molar-refractivity contribution is -0.138. The topological polar surface area (TPSA) is 212 Å². The van der Waals surface area contributed by atoms with Crippen molar-refractivity contribution < 1.29 is 62.7 Å². The molecule has 0 spiro atoms. The zero-order valence-electron chi connectivity index (χ0n) is 47.8. The molecular weight excluding hydrogens is 1210 g/mol. The summed E-state index contributed by atoms with van der Waals surface area (Å²) in [6.07, 6.45) is -3.22. The first-order valence-electron chi connectivity index (χ1n) is 27.2. The lowest BCUT2D eigenvalue weighted by Gasteiger charge is -2.40. The van der Waals surface area contributed by atoms with Crippen LogP contribution >= 0.6 is 31.9 Å². The molecule has 3 atom stereocenters. The van der Waals surface area contributed by atoms with Crippen molar-refractivity contribution in [3.8, 4) is 0 Å². The van der Waals surface area contributed by atoms with Crippen molar-refractivity contribution in [2.75, 3.05) is 45.8 Å². The minimum absolute atomic E-state index is 0.0136. The highest BCUT2D eigenvalue weighted by Crippen LogP contribution is 2.39. The molecule has 3 aliphatic rings. The molecule has 2 saturated heterocycles. The van der Waals surface area contributed by atoms with Gasteiger partial charge in [-0.15, -0.1) is 0 Å². The minimum atomic E-state index is -4.60. The quantitative estimate of drug-likeness (QED) is 0.0622. The van der Waals surface area contributed by atoms with Gasteiger partial charge >= 0.3 is 18.3 Å². The SMILES string of the molecule is CC(C)CN.CC(C)N(C1CCNCC1)S(=O)(=O)c1cccc(C(F)(F)F)c1.CCC(Br)C(=O)NCC(C)C.CCC(Br)C(=O)O.CCC(C(=O)NCC(C)C)N1CCC(N(C2CC2)S(=O)(=O)c2cccc(C(F)(F)F)c2)CC1. The standard InChI is InChI=1S/C23H34F3N3O3S.C15H21F3N2O2S.C8H16BrNO.C4H7BrO2.C4H11N/c1-4-21(22(30)27-15-16(2)3)28-12-10-19(11-13-28)29(18-8-9-18)33(31,32)20-7-5-6-17(14-20)23(24,25)26;1-11(2)20(13-6-8-19-9-7-13)23(21,22)14-5-3-4-12(10-14)15(16,17)18;1-4-7(9)8(11)10-5-6(2)3;1-2-3(5)4(6)7;1-4(2)3-5/h5-7,14,16,18-19,21H,4,8-13,15H2,1-3H3,(H,27,30);3-5,10-11,13,19H,6-9H2,1-2H3;6-7H,4-5H2,1-3H3,(H,10,11);3H,2H2,1H3,(H,6,7);4H,3,5H2,1-2H3. The van der Waals surface area contributed by atoms with Gasteiger partial charge in [0.05, 0.1) is 31.8 Å². The molecule has 15 nitrogen and oxygen atoms in total. The summed E-state index contributed by atoms with van der Waals surface area (Å²) >= 11 is 6.22. The largest absolute Gasteiger partial charge is 0.480 e. The molecule has 0 radical (unpaired) electrons. The number of aliphatic carboxylic acids is 1. The van der Waals surface area contributed by atoms with Gasteiger partial charge in [-0.3, -0.25) is 19.3 Å². The molecule has 0 aromatic heterocycles. The number of carbonyl (C=O) groups is 3. The first-order valence-corrected chi connectivity index (χ1v) is 32.0. The van der Waals surface area contributed by atoms with Crippen molar-refractivity contribution in [1.82, 2.24) is 29.5 Å². The van der Waals surface area contributed by atoms with Crippen LogP contribution in [0, 0.1) is 17.8 Å². The number of hydrogen-bond donors (Lipinski definition) is 5. The number of halogens is 8. The van der Waals surface area contributed by atoms with Crippen molar-refractivity contribution >= 4 is 69.7 Å². The maximum absolute atomic E-state index is 13.4. The summed E-state index contributed by atoms with van der Waals surface area (Å²) in [7, 11) is -8.04. The molecule has 79 heavy (non-hydrogen) atoms. The van der Waals surface area contributed by atoms with Crippen molar-refractivity contribution in [2.45, 2.75) is 196 Å². The van der Waals surface area contributed by atoms with Crippen LogP contribution in [0.4, 0.5) is 26.3 Å². The van der Waals surface area contributed by atoms with Crippen LogP contribution in [0.2, 0.25) is 0 Å². The van der Waals surface area contributed by atoms with Gasteiger partial charge in [-0.1, -0.05) is 106 Å². The van der Waals surface area contributed by atoms with Gasteiger partial charge in [-0.05, 0) is 145 Å². The second-order valence-electron chi connectivity index (χ2n) is 21.2. The number of nitrogens with two attached hydrogens (primary N) is 1. The number of alkyl halides is 8. The van der Waals surface area contributed by atoms with Crippen LogP contribution in [0.25, 0.3) is 0 Å². The Labute approximate surface area is 484 Å².